The quantitative estimate of drug-likeness (QED) is 0.776. The van der Waals surface area contributed by atoms with Crippen LogP contribution >= 0.6 is 0 Å². The summed E-state index contributed by atoms with van der Waals surface area (Å²) in [7, 11) is 0. The van der Waals surface area contributed by atoms with Crippen LogP contribution in [-0.2, 0) is 11.2 Å². The van der Waals surface area contributed by atoms with E-state index in [1.807, 2.05) is 42.5 Å². The number of carbonyl (C=O) groups excluding carboxylic acids is 2. The Labute approximate surface area is 143 Å². The van der Waals surface area contributed by atoms with Crippen LogP contribution in [0, 0.1) is 0 Å². The summed E-state index contributed by atoms with van der Waals surface area (Å²) in [5.41, 5.74) is 2.67. The van der Waals surface area contributed by atoms with Crippen molar-refractivity contribution in [1.29, 1.82) is 0 Å². The predicted molar refractivity (Wildman–Crippen MR) is 97.1 cm³/mol. The smallest absolute Gasteiger partial charge is 0.251 e. The van der Waals surface area contributed by atoms with E-state index in [-0.39, 0.29) is 18.2 Å². The van der Waals surface area contributed by atoms with Gasteiger partial charge in [0.1, 0.15) is 0 Å². The lowest BCUT2D eigenvalue weighted by molar-refractivity contribution is -0.116. The molecule has 0 saturated carbocycles. The van der Waals surface area contributed by atoms with Crippen LogP contribution in [0.5, 0.6) is 0 Å². The molecule has 24 heavy (non-hydrogen) atoms. The SMILES string of the molecule is CCCCc1ccc(NC(=O)CCNC(=O)c2ccccc2)cc1. The zero-order valence-electron chi connectivity index (χ0n) is 14.0. The molecule has 2 N–H and O–H groups in total. The largest absolute Gasteiger partial charge is 0.352 e. The van der Waals surface area contributed by atoms with Crippen molar-refractivity contribution < 1.29 is 9.59 Å². The first-order valence-corrected chi connectivity index (χ1v) is 8.41. The average Bonchev–Trinajstić information content (AvgIpc) is 2.62. The van der Waals surface area contributed by atoms with Gasteiger partial charge in [-0.1, -0.05) is 43.7 Å². The van der Waals surface area contributed by atoms with Gasteiger partial charge in [0.25, 0.3) is 5.91 Å². The van der Waals surface area contributed by atoms with Gasteiger partial charge in [0, 0.05) is 24.2 Å². The summed E-state index contributed by atoms with van der Waals surface area (Å²) in [5.74, 6) is -0.270. The minimum absolute atomic E-state index is 0.107. The molecule has 0 aliphatic carbocycles. The fraction of sp³-hybridized carbons (Fsp3) is 0.300. The minimum Gasteiger partial charge on any atom is -0.352 e. The van der Waals surface area contributed by atoms with E-state index in [2.05, 4.69) is 17.6 Å². The highest BCUT2D eigenvalue weighted by molar-refractivity contribution is 5.95. The van der Waals surface area contributed by atoms with E-state index in [0.29, 0.717) is 12.1 Å². The molecule has 0 aromatic heterocycles. The number of unbranched alkanes of at least 4 members (excludes halogenated alkanes) is 1. The van der Waals surface area contributed by atoms with Gasteiger partial charge in [0.2, 0.25) is 5.91 Å². The van der Waals surface area contributed by atoms with Gasteiger partial charge in [-0.3, -0.25) is 9.59 Å². The fourth-order valence-electron chi connectivity index (χ4n) is 2.34. The molecule has 0 aliphatic rings. The summed E-state index contributed by atoms with van der Waals surface area (Å²) < 4.78 is 0. The Morgan fingerprint density at radius 1 is 0.958 bits per heavy atom. The molecule has 126 valence electrons. The summed E-state index contributed by atoms with van der Waals surface area (Å²) in [6.07, 6.45) is 3.66. The Bertz CT molecular complexity index is 651. The van der Waals surface area contributed by atoms with Crippen molar-refractivity contribution in [2.45, 2.75) is 32.6 Å². The van der Waals surface area contributed by atoms with E-state index in [1.54, 1.807) is 12.1 Å². The second-order valence-corrected chi connectivity index (χ2v) is 5.72. The molecule has 0 fully saturated rings. The van der Waals surface area contributed by atoms with Crippen LogP contribution < -0.4 is 10.6 Å². The average molecular weight is 324 g/mol. The summed E-state index contributed by atoms with van der Waals surface area (Å²) >= 11 is 0. The third-order valence-electron chi connectivity index (χ3n) is 3.73. The fourth-order valence-corrected chi connectivity index (χ4v) is 2.34. The Kier molecular flexibility index (Phi) is 7.02. The number of hydrogen-bond acceptors (Lipinski definition) is 2. The topological polar surface area (TPSA) is 58.2 Å². The molecule has 4 heteroatoms. The monoisotopic (exact) mass is 324 g/mol. The van der Waals surface area contributed by atoms with Crippen molar-refractivity contribution in [3.8, 4) is 0 Å². The van der Waals surface area contributed by atoms with E-state index >= 15 is 0 Å². The molecule has 0 saturated heterocycles. The molecular formula is C20H24N2O2. The van der Waals surface area contributed by atoms with E-state index in [4.69, 9.17) is 0 Å². The maximum atomic E-state index is 11.9. The first-order valence-electron chi connectivity index (χ1n) is 8.41. The zero-order valence-corrected chi connectivity index (χ0v) is 14.0. The van der Waals surface area contributed by atoms with Crippen LogP contribution in [0.25, 0.3) is 0 Å². The van der Waals surface area contributed by atoms with Gasteiger partial charge in [0.05, 0.1) is 0 Å². The third kappa shape index (κ3) is 5.88. The van der Waals surface area contributed by atoms with Gasteiger partial charge in [-0.25, -0.2) is 0 Å². The minimum atomic E-state index is -0.163. The van der Waals surface area contributed by atoms with Gasteiger partial charge in [-0.05, 0) is 42.7 Å². The molecular weight excluding hydrogens is 300 g/mol. The molecule has 0 aliphatic heterocycles. The summed E-state index contributed by atoms with van der Waals surface area (Å²) in [6.45, 7) is 2.49. The maximum Gasteiger partial charge on any atom is 0.251 e. The van der Waals surface area contributed by atoms with Crippen LogP contribution in [0.1, 0.15) is 42.1 Å². The number of hydrogen-bond donors (Lipinski definition) is 2. The lowest BCUT2D eigenvalue weighted by atomic mass is 10.1. The molecule has 2 aromatic rings. The number of anilines is 1. The van der Waals surface area contributed by atoms with Crippen LogP contribution in [-0.4, -0.2) is 18.4 Å². The molecule has 2 amide bonds. The van der Waals surface area contributed by atoms with E-state index in [9.17, 15) is 9.59 Å². The molecule has 2 rings (SSSR count). The van der Waals surface area contributed by atoms with Gasteiger partial charge in [0.15, 0.2) is 0 Å². The number of amides is 2. The summed E-state index contributed by atoms with van der Waals surface area (Å²) in [4.78, 5) is 23.8. The second kappa shape index (κ2) is 9.50. The predicted octanol–water partition coefficient (Wildman–Crippen LogP) is 3.79. The van der Waals surface area contributed by atoms with Crippen LogP contribution in [0.4, 0.5) is 5.69 Å². The number of rotatable bonds is 8. The zero-order chi connectivity index (χ0) is 17.2. The highest BCUT2D eigenvalue weighted by atomic mass is 16.2. The lowest BCUT2D eigenvalue weighted by Crippen LogP contribution is -2.27. The Morgan fingerprint density at radius 2 is 1.67 bits per heavy atom. The van der Waals surface area contributed by atoms with Crippen molar-refractivity contribution in [3.63, 3.8) is 0 Å². The molecule has 4 nitrogen and oxygen atoms in total. The first kappa shape index (κ1) is 17.7. The molecule has 0 unspecified atom stereocenters. The number of nitrogens with one attached hydrogen (secondary N) is 2. The van der Waals surface area contributed by atoms with E-state index in [0.717, 1.165) is 12.1 Å². The van der Waals surface area contributed by atoms with E-state index in [1.165, 1.54) is 18.4 Å². The van der Waals surface area contributed by atoms with Crippen molar-refractivity contribution in [1.82, 2.24) is 5.32 Å². The first-order chi connectivity index (χ1) is 11.7. The van der Waals surface area contributed by atoms with Gasteiger partial charge in [-0.2, -0.15) is 0 Å². The Hall–Kier alpha value is -2.62. The Balaban J connectivity index is 1.72. The molecule has 0 bridgehead atoms. The molecule has 2 aromatic carbocycles. The Morgan fingerprint density at radius 3 is 2.33 bits per heavy atom. The lowest BCUT2D eigenvalue weighted by Gasteiger charge is -2.08. The normalized spacial score (nSPS) is 10.2. The standard InChI is InChI=1S/C20H24N2O2/c1-2-3-7-16-10-12-18(13-11-16)22-19(23)14-15-21-20(24)17-8-5-4-6-9-17/h4-6,8-13H,2-3,7,14-15H2,1H3,(H,21,24)(H,22,23). The number of benzene rings is 2. The summed E-state index contributed by atoms with van der Waals surface area (Å²) in [6, 6.07) is 16.9. The van der Waals surface area contributed by atoms with Crippen LogP contribution in [0.3, 0.4) is 0 Å². The maximum absolute atomic E-state index is 11.9. The molecule has 0 heterocycles. The molecule has 0 atom stereocenters. The van der Waals surface area contributed by atoms with Crippen molar-refractivity contribution in [3.05, 3.63) is 65.7 Å². The molecule has 0 spiro atoms. The molecule has 0 radical (unpaired) electrons. The van der Waals surface area contributed by atoms with Crippen molar-refractivity contribution >= 4 is 17.5 Å². The van der Waals surface area contributed by atoms with Gasteiger partial charge in [-0.15, -0.1) is 0 Å². The van der Waals surface area contributed by atoms with Crippen molar-refractivity contribution in [2.24, 2.45) is 0 Å². The highest BCUT2D eigenvalue weighted by Crippen LogP contribution is 2.12. The van der Waals surface area contributed by atoms with Gasteiger partial charge < -0.3 is 10.6 Å². The van der Waals surface area contributed by atoms with Gasteiger partial charge >= 0.3 is 0 Å². The number of carbonyl (C=O) groups is 2. The van der Waals surface area contributed by atoms with E-state index < -0.39 is 0 Å². The van der Waals surface area contributed by atoms with Crippen LogP contribution in [0.2, 0.25) is 0 Å². The second-order valence-electron chi connectivity index (χ2n) is 5.72. The third-order valence-corrected chi connectivity index (χ3v) is 3.73. The van der Waals surface area contributed by atoms with Crippen molar-refractivity contribution in [2.75, 3.05) is 11.9 Å². The van der Waals surface area contributed by atoms with Crippen LogP contribution in [0.15, 0.2) is 54.6 Å². The highest BCUT2D eigenvalue weighted by Gasteiger charge is 2.06. The summed E-state index contributed by atoms with van der Waals surface area (Å²) in [5, 5.41) is 5.60. The number of aryl methyl sites for hydroxylation is 1.